The predicted octanol–water partition coefficient (Wildman–Crippen LogP) is 4.23. The summed E-state index contributed by atoms with van der Waals surface area (Å²) in [5.41, 5.74) is 8.95. The number of ether oxygens (including phenoxy) is 1. The molecule has 0 atom stereocenters. The molecule has 1 aromatic heterocycles. The predicted molar refractivity (Wildman–Crippen MR) is 90.3 cm³/mol. The standard InChI is InChI=1S/C19H16FN3O/c1-13-3-2-4-14(9-13)12-23-16(11-21)10-18(22)19(23)24-17-7-5-15(20)6-8-17/h2-10H,12,22H2,1H3. The SMILES string of the molecule is Cc1cccc(Cn2c(C#N)cc(N)c2Oc2ccc(F)cc2)c1. The molecule has 0 amide bonds. The van der Waals surface area contributed by atoms with Crippen molar-refractivity contribution in [1.29, 1.82) is 5.26 Å². The van der Waals surface area contributed by atoms with E-state index in [1.165, 1.54) is 24.3 Å². The van der Waals surface area contributed by atoms with Gasteiger partial charge in [0.05, 0.1) is 12.2 Å². The molecule has 0 bridgehead atoms. The molecular formula is C19H16FN3O. The average Bonchev–Trinajstić information content (AvgIpc) is 2.85. The number of aryl methyl sites for hydroxylation is 1. The minimum Gasteiger partial charge on any atom is -0.439 e. The van der Waals surface area contributed by atoms with Crippen molar-refractivity contribution in [1.82, 2.24) is 4.57 Å². The van der Waals surface area contributed by atoms with Crippen LogP contribution in [0, 0.1) is 24.1 Å². The van der Waals surface area contributed by atoms with E-state index in [0.717, 1.165) is 11.1 Å². The molecule has 0 saturated heterocycles. The molecule has 0 aliphatic carbocycles. The maximum Gasteiger partial charge on any atom is 0.224 e. The van der Waals surface area contributed by atoms with Crippen LogP contribution < -0.4 is 10.5 Å². The molecule has 24 heavy (non-hydrogen) atoms. The Kier molecular flexibility index (Phi) is 4.21. The highest BCUT2D eigenvalue weighted by Gasteiger charge is 2.16. The van der Waals surface area contributed by atoms with E-state index < -0.39 is 0 Å². The number of nitrogen functional groups attached to an aromatic ring is 1. The van der Waals surface area contributed by atoms with Gasteiger partial charge in [0.2, 0.25) is 5.88 Å². The highest BCUT2D eigenvalue weighted by molar-refractivity contribution is 5.56. The van der Waals surface area contributed by atoms with Gasteiger partial charge in [-0.2, -0.15) is 5.26 Å². The number of nitriles is 1. The fourth-order valence-corrected chi connectivity index (χ4v) is 2.52. The largest absolute Gasteiger partial charge is 0.439 e. The molecule has 5 heteroatoms. The van der Waals surface area contributed by atoms with Crippen molar-refractivity contribution < 1.29 is 9.13 Å². The summed E-state index contributed by atoms with van der Waals surface area (Å²) < 4.78 is 20.6. The molecule has 0 unspecified atom stereocenters. The normalized spacial score (nSPS) is 10.4. The van der Waals surface area contributed by atoms with Crippen LogP contribution in [0.2, 0.25) is 0 Å². The molecule has 3 aromatic rings. The zero-order valence-corrected chi connectivity index (χ0v) is 13.2. The number of rotatable bonds is 4. The number of hydrogen-bond donors (Lipinski definition) is 1. The highest BCUT2D eigenvalue weighted by Crippen LogP contribution is 2.32. The van der Waals surface area contributed by atoms with Crippen LogP contribution in [0.1, 0.15) is 16.8 Å². The summed E-state index contributed by atoms with van der Waals surface area (Å²) in [6, 6.07) is 17.4. The van der Waals surface area contributed by atoms with Crippen LogP contribution in [0.25, 0.3) is 0 Å². The van der Waals surface area contributed by atoms with Gasteiger partial charge in [0.15, 0.2) is 0 Å². The Balaban J connectivity index is 1.98. The van der Waals surface area contributed by atoms with E-state index in [9.17, 15) is 9.65 Å². The number of hydrogen-bond acceptors (Lipinski definition) is 3. The Morgan fingerprint density at radius 2 is 1.92 bits per heavy atom. The van der Waals surface area contributed by atoms with E-state index in [-0.39, 0.29) is 5.82 Å². The number of nitrogens with zero attached hydrogens (tertiary/aromatic N) is 2. The number of aromatic nitrogens is 1. The van der Waals surface area contributed by atoms with Gasteiger partial charge in [-0.15, -0.1) is 0 Å². The van der Waals surface area contributed by atoms with Crippen LogP contribution in [-0.2, 0) is 6.54 Å². The first-order chi connectivity index (χ1) is 11.6. The van der Waals surface area contributed by atoms with Crippen LogP contribution in [-0.4, -0.2) is 4.57 Å². The van der Waals surface area contributed by atoms with Crippen LogP contribution in [0.3, 0.4) is 0 Å². The molecule has 0 saturated carbocycles. The zero-order chi connectivity index (χ0) is 17.1. The topological polar surface area (TPSA) is 64.0 Å². The zero-order valence-electron chi connectivity index (χ0n) is 13.2. The van der Waals surface area contributed by atoms with Crippen molar-refractivity contribution >= 4 is 5.69 Å². The van der Waals surface area contributed by atoms with Crippen LogP contribution >= 0.6 is 0 Å². The molecule has 120 valence electrons. The lowest BCUT2D eigenvalue weighted by Gasteiger charge is -2.13. The van der Waals surface area contributed by atoms with Gasteiger partial charge in [-0.05, 0) is 36.8 Å². The summed E-state index contributed by atoms with van der Waals surface area (Å²) in [4.78, 5) is 0. The van der Waals surface area contributed by atoms with Crippen LogP contribution in [0.4, 0.5) is 10.1 Å². The van der Waals surface area contributed by atoms with Crippen molar-refractivity contribution in [2.45, 2.75) is 13.5 Å². The summed E-state index contributed by atoms with van der Waals surface area (Å²) >= 11 is 0. The number of nitrogens with two attached hydrogens (primary N) is 1. The fraction of sp³-hybridized carbons (Fsp3) is 0.105. The second-order valence-corrected chi connectivity index (χ2v) is 5.53. The van der Waals surface area contributed by atoms with E-state index in [2.05, 4.69) is 6.07 Å². The molecule has 0 aliphatic rings. The van der Waals surface area contributed by atoms with Crippen molar-refractivity contribution in [3.63, 3.8) is 0 Å². The van der Waals surface area contributed by atoms with Gasteiger partial charge in [-0.1, -0.05) is 29.8 Å². The van der Waals surface area contributed by atoms with Gasteiger partial charge < -0.3 is 10.5 Å². The van der Waals surface area contributed by atoms with E-state index in [0.29, 0.717) is 29.6 Å². The number of benzene rings is 2. The first kappa shape index (κ1) is 15.6. The second kappa shape index (κ2) is 6.47. The van der Waals surface area contributed by atoms with Crippen molar-refractivity contribution in [3.8, 4) is 17.7 Å². The molecular weight excluding hydrogens is 305 g/mol. The maximum atomic E-state index is 13.0. The second-order valence-electron chi connectivity index (χ2n) is 5.53. The summed E-state index contributed by atoms with van der Waals surface area (Å²) in [5, 5.41) is 9.36. The smallest absolute Gasteiger partial charge is 0.224 e. The molecule has 0 fully saturated rings. The third-order valence-corrected chi connectivity index (χ3v) is 3.64. The summed E-state index contributed by atoms with van der Waals surface area (Å²) in [5.74, 6) is 0.485. The van der Waals surface area contributed by atoms with Gasteiger partial charge in [0, 0.05) is 6.07 Å². The van der Waals surface area contributed by atoms with Gasteiger partial charge in [0.25, 0.3) is 0 Å². The highest BCUT2D eigenvalue weighted by atomic mass is 19.1. The Morgan fingerprint density at radius 1 is 1.17 bits per heavy atom. The van der Waals surface area contributed by atoms with Crippen molar-refractivity contribution in [2.24, 2.45) is 0 Å². The molecule has 0 radical (unpaired) electrons. The van der Waals surface area contributed by atoms with Crippen molar-refractivity contribution in [2.75, 3.05) is 5.73 Å². The van der Waals surface area contributed by atoms with Gasteiger partial charge in [0.1, 0.15) is 23.3 Å². The quantitative estimate of drug-likeness (QED) is 0.782. The van der Waals surface area contributed by atoms with Crippen molar-refractivity contribution in [3.05, 3.63) is 77.2 Å². The Labute approximate surface area is 139 Å². The monoisotopic (exact) mass is 321 g/mol. The average molecular weight is 321 g/mol. The lowest BCUT2D eigenvalue weighted by Crippen LogP contribution is -2.05. The Bertz CT molecular complexity index is 907. The minimum atomic E-state index is -0.344. The summed E-state index contributed by atoms with van der Waals surface area (Å²) in [6.07, 6.45) is 0. The lowest BCUT2D eigenvalue weighted by atomic mass is 10.1. The Morgan fingerprint density at radius 3 is 2.58 bits per heavy atom. The van der Waals surface area contributed by atoms with E-state index in [1.54, 1.807) is 10.6 Å². The molecule has 2 aromatic carbocycles. The third kappa shape index (κ3) is 3.23. The van der Waals surface area contributed by atoms with E-state index in [4.69, 9.17) is 10.5 Å². The molecule has 1 heterocycles. The maximum absolute atomic E-state index is 13.0. The number of anilines is 1. The first-order valence-corrected chi connectivity index (χ1v) is 7.45. The molecule has 3 rings (SSSR count). The Hall–Kier alpha value is -3.26. The molecule has 2 N–H and O–H groups in total. The minimum absolute atomic E-state index is 0.344. The first-order valence-electron chi connectivity index (χ1n) is 7.45. The summed E-state index contributed by atoms with van der Waals surface area (Å²) in [6.45, 7) is 2.47. The van der Waals surface area contributed by atoms with E-state index in [1.807, 2.05) is 31.2 Å². The van der Waals surface area contributed by atoms with Crippen LogP contribution in [0.5, 0.6) is 11.6 Å². The molecule has 0 aliphatic heterocycles. The van der Waals surface area contributed by atoms with Gasteiger partial charge in [-0.3, -0.25) is 4.57 Å². The van der Waals surface area contributed by atoms with Gasteiger partial charge >= 0.3 is 0 Å². The molecule has 0 spiro atoms. The van der Waals surface area contributed by atoms with Crippen LogP contribution in [0.15, 0.2) is 54.6 Å². The summed E-state index contributed by atoms with van der Waals surface area (Å²) in [7, 11) is 0. The molecule has 4 nitrogen and oxygen atoms in total. The van der Waals surface area contributed by atoms with E-state index >= 15 is 0 Å². The third-order valence-electron chi connectivity index (χ3n) is 3.64. The fourth-order valence-electron chi connectivity index (χ4n) is 2.52. The number of halogens is 1. The lowest BCUT2D eigenvalue weighted by molar-refractivity contribution is 0.436. The van der Waals surface area contributed by atoms with Gasteiger partial charge in [-0.25, -0.2) is 4.39 Å².